The smallest absolute Gasteiger partial charge is 0.243 e. The van der Waals surface area contributed by atoms with Gasteiger partial charge in [-0.1, -0.05) is 19.8 Å². The van der Waals surface area contributed by atoms with Crippen molar-refractivity contribution < 1.29 is 4.79 Å². The SMILES string of the molecule is CC1CC(C#N)(C(=O)N2CCC3CCCCC32)C1. The molecule has 0 bridgehead atoms. The maximum Gasteiger partial charge on any atom is 0.243 e. The van der Waals surface area contributed by atoms with Gasteiger partial charge in [-0.2, -0.15) is 5.26 Å². The monoisotopic (exact) mass is 246 g/mol. The van der Waals surface area contributed by atoms with E-state index >= 15 is 0 Å². The van der Waals surface area contributed by atoms with E-state index in [9.17, 15) is 10.1 Å². The summed E-state index contributed by atoms with van der Waals surface area (Å²) in [6.07, 6.45) is 7.72. The molecular weight excluding hydrogens is 224 g/mol. The molecule has 0 N–H and O–H groups in total. The van der Waals surface area contributed by atoms with Gasteiger partial charge >= 0.3 is 0 Å². The summed E-state index contributed by atoms with van der Waals surface area (Å²) in [4.78, 5) is 14.8. The first-order valence-electron chi connectivity index (χ1n) is 7.38. The van der Waals surface area contributed by atoms with Crippen LogP contribution >= 0.6 is 0 Å². The lowest BCUT2D eigenvalue weighted by atomic mass is 9.62. The number of nitriles is 1. The number of carbonyl (C=O) groups excluding carboxylic acids is 1. The molecule has 1 saturated heterocycles. The standard InChI is InChI=1S/C15H22N2O/c1-11-8-15(9-11,10-16)14(18)17-7-6-12-4-2-3-5-13(12)17/h11-13H,2-9H2,1H3. The molecule has 3 nitrogen and oxygen atoms in total. The van der Waals surface area contributed by atoms with Crippen LogP contribution in [0.3, 0.4) is 0 Å². The first kappa shape index (κ1) is 12.0. The van der Waals surface area contributed by atoms with E-state index in [1.807, 2.05) is 0 Å². The van der Waals surface area contributed by atoms with E-state index in [1.165, 1.54) is 19.3 Å². The van der Waals surface area contributed by atoms with Crippen molar-refractivity contribution in [3.8, 4) is 6.07 Å². The van der Waals surface area contributed by atoms with Crippen molar-refractivity contribution in [3.05, 3.63) is 0 Å². The van der Waals surface area contributed by atoms with Crippen molar-refractivity contribution in [2.24, 2.45) is 17.3 Å². The van der Waals surface area contributed by atoms with Gasteiger partial charge in [-0.3, -0.25) is 4.79 Å². The highest BCUT2D eigenvalue weighted by molar-refractivity contribution is 5.87. The number of hydrogen-bond donors (Lipinski definition) is 0. The summed E-state index contributed by atoms with van der Waals surface area (Å²) >= 11 is 0. The fourth-order valence-corrected chi connectivity index (χ4v) is 4.38. The molecule has 18 heavy (non-hydrogen) atoms. The third-order valence-electron chi connectivity index (χ3n) is 5.29. The van der Waals surface area contributed by atoms with Crippen molar-refractivity contribution in [1.82, 2.24) is 4.90 Å². The highest BCUT2D eigenvalue weighted by Crippen LogP contribution is 2.48. The lowest BCUT2D eigenvalue weighted by Crippen LogP contribution is -2.52. The van der Waals surface area contributed by atoms with Gasteiger partial charge in [0.1, 0.15) is 5.41 Å². The molecule has 0 spiro atoms. The van der Waals surface area contributed by atoms with Gasteiger partial charge in [0.25, 0.3) is 0 Å². The zero-order chi connectivity index (χ0) is 12.8. The first-order chi connectivity index (χ1) is 8.66. The van der Waals surface area contributed by atoms with Crippen LogP contribution < -0.4 is 0 Å². The molecule has 2 atom stereocenters. The molecule has 3 rings (SSSR count). The lowest BCUT2D eigenvalue weighted by Gasteiger charge is -2.43. The Hall–Kier alpha value is -1.04. The van der Waals surface area contributed by atoms with Crippen molar-refractivity contribution in [2.75, 3.05) is 6.54 Å². The molecule has 1 heterocycles. The Morgan fingerprint density at radius 3 is 2.67 bits per heavy atom. The fraction of sp³-hybridized carbons (Fsp3) is 0.867. The second-order valence-corrected chi connectivity index (χ2v) is 6.61. The summed E-state index contributed by atoms with van der Waals surface area (Å²) in [6.45, 7) is 3.03. The normalized spacial score (nSPS) is 42.9. The average Bonchev–Trinajstić information content (AvgIpc) is 2.77. The number of carbonyl (C=O) groups is 1. The molecule has 0 aromatic rings. The highest BCUT2D eigenvalue weighted by Gasteiger charge is 2.53. The first-order valence-corrected chi connectivity index (χ1v) is 7.38. The Labute approximate surface area is 109 Å². The minimum absolute atomic E-state index is 0.150. The molecular formula is C15H22N2O. The van der Waals surface area contributed by atoms with Gasteiger partial charge in [0, 0.05) is 12.6 Å². The van der Waals surface area contributed by atoms with Gasteiger partial charge in [0.2, 0.25) is 5.91 Å². The van der Waals surface area contributed by atoms with Crippen LogP contribution in [0.25, 0.3) is 0 Å². The zero-order valence-corrected chi connectivity index (χ0v) is 11.2. The van der Waals surface area contributed by atoms with Crippen LogP contribution in [0.4, 0.5) is 0 Å². The van der Waals surface area contributed by atoms with E-state index in [0.717, 1.165) is 38.1 Å². The molecule has 3 fully saturated rings. The Kier molecular flexibility index (Phi) is 2.84. The van der Waals surface area contributed by atoms with Crippen molar-refractivity contribution in [2.45, 2.75) is 57.9 Å². The number of fused-ring (bicyclic) bond motifs is 1. The molecule has 0 radical (unpaired) electrons. The number of likely N-dealkylation sites (tertiary alicyclic amines) is 1. The molecule has 0 aromatic carbocycles. The van der Waals surface area contributed by atoms with E-state index in [0.29, 0.717) is 12.0 Å². The molecule has 3 aliphatic rings. The van der Waals surface area contributed by atoms with E-state index in [4.69, 9.17) is 0 Å². The van der Waals surface area contributed by atoms with E-state index < -0.39 is 5.41 Å². The Balaban J connectivity index is 1.75. The second kappa shape index (κ2) is 4.26. The summed E-state index contributed by atoms with van der Waals surface area (Å²) in [5.41, 5.74) is -0.661. The molecule has 2 aliphatic carbocycles. The number of amides is 1. The maximum atomic E-state index is 12.7. The van der Waals surface area contributed by atoms with Gasteiger partial charge in [0.05, 0.1) is 6.07 Å². The van der Waals surface area contributed by atoms with Crippen LogP contribution in [0.15, 0.2) is 0 Å². The summed E-state index contributed by atoms with van der Waals surface area (Å²) in [5, 5.41) is 9.38. The third-order valence-corrected chi connectivity index (χ3v) is 5.29. The summed E-state index contributed by atoms with van der Waals surface area (Å²) in [7, 11) is 0. The number of nitrogens with zero attached hydrogens (tertiary/aromatic N) is 2. The average molecular weight is 246 g/mol. The van der Waals surface area contributed by atoms with Gasteiger partial charge < -0.3 is 4.90 Å². The topological polar surface area (TPSA) is 44.1 Å². The van der Waals surface area contributed by atoms with Crippen molar-refractivity contribution in [1.29, 1.82) is 5.26 Å². The Morgan fingerprint density at radius 1 is 1.28 bits per heavy atom. The van der Waals surface area contributed by atoms with E-state index in [-0.39, 0.29) is 5.91 Å². The van der Waals surface area contributed by atoms with E-state index in [2.05, 4.69) is 17.9 Å². The van der Waals surface area contributed by atoms with E-state index in [1.54, 1.807) is 0 Å². The summed E-state index contributed by atoms with van der Waals surface area (Å²) in [5.74, 6) is 1.41. The summed E-state index contributed by atoms with van der Waals surface area (Å²) in [6, 6.07) is 2.78. The summed E-state index contributed by atoms with van der Waals surface area (Å²) < 4.78 is 0. The van der Waals surface area contributed by atoms with Crippen molar-refractivity contribution >= 4 is 5.91 Å². The zero-order valence-electron chi connectivity index (χ0n) is 11.2. The molecule has 3 heteroatoms. The van der Waals surface area contributed by atoms with Gasteiger partial charge in [-0.25, -0.2) is 0 Å². The lowest BCUT2D eigenvalue weighted by molar-refractivity contribution is -0.147. The molecule has 2 unspecified atom stereocenters. The predicted molar refractivity (Wildman–Crippen MR) is 68.5 cm³/mol. The maximum absolute atomic E-state index is 12.7. The second-order valence-electron chi connectivity index (χ2n) is 6.61. The molecule has 98 valence electrons. The minimum Gasteiger partial charge on any atom is -0.338 e. The minimum atomic E-state index is -0.661. The largest absolute Gasteiger partial charge is 0.338 e. The quantitative estimate of drug-likeness (QED) is 0.714. The molecule has 0 aromatic heterocycles. The van der Waals surface area contributed by atoms with Crippen LogP contribution in [-0.2, 0) is 4.79 Å². The molecule has 1 amide bonds. The number of hydrogen-bond acceptors (Lipinski definition) is 2. The fourth-order valence-electron chi connectivity index (χ4n) is 4.38. The number of rotatable bonds is 1. The van der Waals surface area contributed by atoms with Crippen LogP contribution in [0.1, 0.15) is 51.9 Å². The van der Waals surface area contributed by atoms with Gasteiger partial charge in [0.15, 0.2) is 0 Å². The van der Waals surface area contributed by atoms with Crippen LogP contribution in [0.2, 0.25) is 0 Å². The van der Waals surface area contributed by atoms with Crippen molar-refractivity contribution in [3.63, 3.8) is 0 Å². The van der Waals surface area contributed by atoms with Crippen LogP contribution in [0, 0.1) is 28.6 Å². The predicted octanol–water partition coefficient (Wildman–Crippen LogP) is 2.72. The Morgan fingerprint density at radius 2 is 2.00 bits per heavy atom. The van der Waals surface area contributed by atoms with Gasteiger partial charge in [-0.15, -0.1) is 0 Å². The Bertz CT molecular complexity index is 392. The molecule has 1 aliphatic heterocycles. The van der Waals surface area contributed by atoms with Gasteiger partial charge in [-0.05, 0) is 43.9 Å². The van der Waals surface area contributed by atoms with Crippen LogP contribution in [-0.4, -0.2) is 23.4 Å². The highest BCUT2D eigenvalue weighted by atomic mass is 16.2. The van der Waals surface area contributed by atoms with Crippen LogP contribution in [0.5, 0.6) is 0 Å². The molecule has 2 saturated carbocycles. The third kappa shape index (κ3) is 1.66.